The van der Waals surface area contributed by atoms with E-state index in [9.17, 15) is 0 Å². The summed E-state index contributed by atoms with van der Waals surface area (Å²) < 4.78 is 6.00. The first-order valence-electron chi connectivity index (χ1n) is 7.23. The zero-order valence-corrected chi connectivity index (χ0v) is 12.5. The maximum atomic E-state index is 6.00. The molecule has 2 atom stereocenters. The van der Waals surface area contributed by atoms with Crippen LogP contribution >= 0.6 is 12.2 Å². The van der Waals surface area contributed by atoms with Crippen molar-refractivity contribution >= 4 is 17.2 Å². The van der Waals surface area contributed by atoms with Crippen LogP contribution in [0.15, 0.2) is 0 Å². The van der Waals surface area contributed by atoms with Gasteiger partial charge in [0.05, 0.1) is 10.6 Å². The molecule has 18 heavy (non-hydrogen) atoms. The van der Waals surface area contributed by atoms with Gasteiger partial charge in [-0.15, -0.1) is 0 Å². The first-order chi connectivity index (χ1) is 8.56. The third-order valence-electron chi connectivity index (χ3n) is 4.65. The van der Waals surface area contributed by atoms with E-state index in [0.29, 0.717) is 16.9 Å². The van der Waals surface area contributed by atoms with E-state index in [1.165, 1.54) is 25.7 Å². The van der Waals surface area contributed by atoms with E-state index in [2.05, 4.69) is 18.7 Å². The summed E-state index contributed by atoms with van der Waals surface area (Å²) in [4.78, 5) is 3.19. The van der Waals surface area contributed by atoms with Crippen molar-refractivity contribution in [3.63, 3.8) is 0 Å². The SMILES string of the molecule is CCN(CC(C)C(N)=S)C1CCOC2(CCC2)C1. The Balaban J connectivity index is 1.92. The normalized spacial score (nSPS) is 28.1. The molecule has 0 amide bonds. The molecule has 1 aliphatic heterocycles. The van der Waals surface area contributed by atoms with Gasteiger partial charge in [0.15, 0.2) is 0 Å². The Hall–Kier alpha value is -0.190. The summed E-state index contributed by atoms with van der Waals surface area (Å²) in [5, 5.41) is 0. The summed E-state index contributed by atoms with van der Waals surface area (Å²) in [5.41, 5.74) is 5.96. The summed E-state index contributed by atoms with van der Waals surface area (Å²) in [6, 6.07) is 0.654. The van der Waals surface area contributed by atoms with Crippen LogP contribution in [0, 0.1) is 5.92 Å². The van der Waals surface area contributed by atoms with Crippen molar-refractivity contribution < 1.29 is 4.74 Å². The van der Waals surface area contributed by atoms with Crippen molar-refractivity contribution in [2.75, 3.05) is 19.7 Å². The molecule has 1 saturated heterocycles. The molecule has 2 unspecified atom stereocenters. The Morgan fingerprint density at radius 3 is 2.78 bits per heavy atom. The fourth-order valence-corrected chi connectivity index (χ4v) is 3.29. The molecule has 104 valence electrons. The zero-order valence-electron chi connectivity index (χ0n) is 11.7. The molecule has 1 aliphatic carbocycles. The quantitative estimate of drug-likeness (QED) is 0.778. The van der Waals surface area contributed by atoms with Crippen LogP contribution in [0.25, 0.3) is 0 Å². The second-order valence-corrected chi connectivity index (χ2v) is 6.39. The lowest BCUT2D eigenvalue weighted by Crippen LogP contribution is -2.53. The van der Waals surface area contributed by atoms with Gasteiger partial charge in [0.1, 0.15) is 0 Å². The summed E-state index contributed by atoms with van der Waals surface area (Å²) in [6.45, 7) is 7.35. The molecular formula is C14H26N2OS. The Morgan fingerprint density at radius 1 is 1.56 bits per heavy atom. The molecule has 4 heteroatoms. The lowest BCUT2D eigenvalue weighted by molar-refractivity contribution is -0.148. The number of nitrogens with two attached hydrogens (primary N) is 1. The Kier molecular flexibility index (Phi) is 4.62. The van der Waals surface area contributed by atoms with Crippen molar-refractivity contribution in [1.82, 2.24) is 4.90 Å². The number of rotatable bonds is 5. The highest BCUT2D eigenvalue weighted by atomic mass is 32.1. The maximum absolute atomic E-state index is 6.00. The molecule has 0 radical (unpaired) electrons. The monoisotopic (exact) mass is 270 g/mol. The fraction of sp³-hybridized carbons (Fsp3) is 0.929. The summed E-state index contributed by atoms with van der Waals surface area (Å²) in [5.74, 6) is 0.306. The number of ether oxygens (including phenoxy) is 1. The molecule has 1 spiro atoms. The van der Waals surface area contributed by atoms with E-state index in [1.807, 2.05) is 0 Å². The molecule has 0 bridgehead atoms. The highest BCUT2D eigenvalue weighted by Gasteiger charge is 2.43. The number of nitrogens with zero attached hydrogens (tertiary/aromatic N) is 1. The van der Waals surface area contributed by atoms with Crippen LogP contribution in [0.2, 0.25) is 0 Å². The first kappa shape index (κ1) is 14.2. The minimum atomic E-state index is 0.225. The lowest BCUT2D eigenvalue weighted by Gasteiger charge is -2.49. The highest BCUT2D eigenvalue weighted by molar-refractivity contribution is 7.80. The lowest BCUT2D eigenvalue weighted by atomic mass is 9.73. The average molecular weight is 270 g/mol. The molecule has 2 rings (SSSR count). The Bertz CT molecular complexity index is 304. The predicted molar refractivity (Wildman–Crippen MR) is 78.8 cm³/mol. The minimum Gasteiger partial charge on any atom is -0.393 e. The minimum absolute atomic E-state index is 0.225. The number of hydrogen-bond donors (Lipinski definition) is 1. The van der Waals surface area contributed by atoms with E-state index in [1.54, 1.807) is 0 Å². The van der Waals surface area contributed by atoms with Gasteiger partial charge in [-0.25, -0.2) is 0 Å². The fourth-order valence-electron chi connectivity index (χ4n) is 3.21. The van der Waals surface area contributed by atoms with E-state index >= 15 is 0 Å². The van der Waals surface area contributed by atoms with Crippen LogP contribution in [0.3, 0.4) is 0 Å². The van der Waals surface area contributed by atoms with Gasteiger partial charge in [-0.2, -0.15) is 0 Å². The summed E-state index contributed by atoms with van der Waals surface area (Å²) in [7, 11) is 0. The molecule has 2 N–H and O–H groups in total. The van der Waals surface area contributed by atoms with Gasteiger partial charge in [-0.3, -0.25) is 4.90 Å². The van der Waals surface area contributed by atoms with Crippen LogP contribution in [-0.4, -0.2) is 41.2 Å². The largest absolute Gasteiger partial charge is 0.393 e. The van der Waals surface area contributed by atoms with Gasteiger partial charge in [-0.1, -0.05) is 26.1 Å². The van der Waals surface area contributed by atoms with Gasteiger partial charge < -0.3 is 10.5 Å². The highest BCUT2D eigenvalue weighted by Crippen LogP contribution is 2.43. The van der Waals surface area contributed by atoms with Crippen molar-refractivity contribution in [2.24, 2.45) is 11.7 Å². The van der Waals surface area contributed by atoms with Gasteiger partial charge in [-0.05, 0) is 38.6 Å². The molecule has 3 nitrogen and oxygen atoms in total. The van der Waals surface area contributed by atoms with Crippen LogP contribution < -0.4 is 5.73 Å². The Morgan fingerprint density at radius 2 is 2.28 bits per heavy atom. The molecule has 0 aromatic rings. The molecule has 0 aromatic carbocycles. The zero-order chi connectivity index (χ0) is 13.2. The van der Waals surface area contributed by atoms with Crippen molar-refractivity contribution in [1.29, 1.82) is 0 Å². The average Bonchev–Trinajstić information content (AvgIpc) is 2.33. The molecule has 1 heterocycles. The topological polar surface area (TPSA) is 38.5 Å². The number of thiocarbonyl (C=S) groups is 1. The van der Waals surface area contributed by atoms with Gasteiger partial charge in [0.2, 0.25) is 0 Å². The maximum Gasteiger partial charge on any atom is 0.0768 e. The molecule has 0 aromatic heterocycles. The van der Waals surface area contributed by atoms with Crippen LogP contribution in [0.5, 0.6) is 0 Å². The standard InChI is InChI=1S/C14H26N2OS/c1-3-16(10-11(2)13(15)18)12-5-8-17-14(9-12)6-4-7-14/h11-12H,3-10H2,1-2H3,(H2,15,18). The van der Waals surface area contributed by atoms with Crippen LogP contribution in [0.4, 0.5) is 0 Å². The summed E-state index contributed by atoms with van der Waals surface area (Å²) >= 11 is 5.09. The molecule has 1 saturated carbocycles. The second-order valence-electron chi connectivity index (χ2n) is 5.92. The predicted octanol–water partition coefficient (Wildman–Crippen LogP) is 2.33. The smallest absolute Gasteiger partial charge is 0.0768 e. The first-order valence-corrected chi connectivity index (χ1v) is 7.64. The van der Waals surface area contributed by atoms with Crippen LogP contribution in [-0.2, 0) is 4.74 Å². The van der Waals surface area contributed by atoms with Crippen molar-refractivity contribution in [3.05, 3.63) is 0 Å². The molecule has 2 fully saturated rings. The van der Waals surface area contributed by atoms with E-state index in [4.69, 9.17) is 22.7 Å². The van der Waals surface area contributed by atoms with Crippen molar-refractivity contribution in [3.8, 4) is 0 Å². The Labute approximate surface area is 116 Å². The van der Waals surface area contributed by atoms with Crippen LogP contribution in [0.1, 0.15) is 46.0 Å². The van der Waals surface area contributed by atoms with E-state index in [0.717, 1.165) is 26.1 Å². The molecule has 2 aliphatic rings. The third-order valence-corrected chi connectivity index (χ3v) is 5.05. The van der Waals surface area contributed by atoms with Gasteiger partial charge in [0.25, 0.3) is 0 Å². The summed E-state index contributed by atoms with van der Waals surface area (Å²) in [6.07, 6.45) is 6.20. The van der Waals surface area contributed by atoms with E-state index < -0.39 is 0 Å². The molecular weight excluding hydrogens is 244 g/mol. The van der Waals surface area contributed by atoms with Gasteiger partial charge >= 0.3 is 0 Å². The van der Waals surface area contributed by atoms with Gasteiger partial charge in [0, 0.05) is 25.1 Å². The number of hydrogen-bond acceptors (Lipinski definition) is 3. The van der Waals surface area contributed by atoms with E-state index in [-0.39, 0.29) is 5.60 Å². The third kappa shape index (κ3) is 3.03. The van der Waals surface area contributed by atoms with Crippen molar-refractivity contribution in [2.45, 2.75) is 57.6 Å². The second kappa shape index (κ2) is 5.85.